The molecule has 2 rings (SSSR count). The fourth-order valence-electron chi connectivity index (χ4n) is 1.32. The van der Waals surface area contributed by atoms with Crippen molar-refractivity contribution in [3.05, 3.63) is 34.5 Å². The summed E-state index contributed by atoms with van der Waals surface area (Å²) in [5.41, 5.74) is 0.747. The Hall–Kier alpha value is -1.16. The lowest BCUT2D eigenvalue weighted by molar-refractivity contribution is -0.121. The van der Waals surface area contributed by atoms with Crippen molar-refractivity contribution in [1.29, 1.82) is 0 Å². The quantitative estimate of drug-likeness (QED) is 0.687. The van der Waals surface area contributed by atoms with Gasteiger partial charge in [0.1, 0.15) is 0 Å². The van der Waals surface area contributed by atoms with Crippen LogP contribution in [0.2, 0.25) is 0 Å². The lowest BCUT2D eigenvalue weighted by atomic mass is 9.90. The molecule has 3 nitrogen and oxygen atoms in total. The van der Waals surface area contributed by atoms with Crippen LogP contribution in [0.5, 0.6) is 0 Å². The van der Waals surface area contributed by atoms with Crippen LogP contribution in [0.25, 0.3) is 0 Å². The van der Waals surface area contributed by atoms with Gasteiger partial charge in [-0.15, -0.1) is 0 Å². The topological polar surface area (TPSA) is 46.2 Å². The molecule has 0 bridgehead atoms. The van der Waals surface area contributed by atoms with Crippen LogP contribution < -0.4 is 5.32 Å². The predicted octanol–water partition coefficient (Wildman–Crippen LogP) is 1.03. The van der Waals surface area contributed by atoms with Crippen LogP contribution in [0.4, 0.5) is 0 Å². The Morgan fingerprint density at radius 2 is 2.15 bits per heavy atom. The zero-order valence-electron chi connectivity index (χ0n) is 6.58. The second-order valence-electron chi connectivity index (χ2n) is 2.84. The summed E-state index contributed by atoms with van der Waals surface area (Å²) in [6.45, 7) is 0. The van der Waals surface area contributed by atoms with Gasteiger partial charge in [-0.3, -0.25) is 9.59 Å². The van der Waals surface area contributed by atoms with Crippen molar-refractivity contribution in [3.63, 3.8) is 0 Å². The summed E-state index contributed by atoms with van der Waals surface area (Å²) in [5.74, 6) is -0.513. The summed E-state index contributed by atoms with van der Waals surface area (Å²) in [6, 6.07) is 0. The maximum atomic E-state index is 11.3. The minimum Gasteiger partial charge on any atom is -0.332 e. The lowest BCUT2D eigenvalue weighted by Crippen LogP contribution is -2.31. The third-order valence-corrected chi connectivity index (χ3v) is 2.64. The Morgan fingerprint density at radius 1 is 1.38 bits per heavy atom. The molecule has 0 aromatic rings. The summed E-state index contributed by atoms with van der Waals surface area (Å²) >= 11 is 3.11. The predicted molar refractivity (Wildman–Crippen MR) is 50.9 cm³/mol. The van der Waals surface area contributed by atoms with Crippen molar-refractivity contribution >= 4 is 27.6 Å². The first-order valence-electron chi connectivity index (χ1n) is 3.78. The van der Waals surface area contributed by atoms with E-state index in [0.717, 1.165) is 5.57 Å². The average molecular weight is 240 g/mol. The molecule has 1 N–H and O–H groups in total. The van der Waals surface area contributed by atoms with Gasteiger partial charge in [0, 0.05) is 6.20 Å². The highest BCUT2D eigenvalue weighted by atomic mass is 79.9. The molecule has 2 aliphatic rings. The molecule has 1 atom stereocenters. The maximum absolute atomic E-state index is 11.3. The Morgan fingerprint density at radius 3 is 2.92 bits per heavy atom. The molecule has 0 aromatic carbocycles. The summed E-state index contributed by atoms with van der Waals surface area (Å²) in [5, 5.41) is 2.58. The molecule has 0 radical (unpaired) electrons. The maximum Gasteiger partial charge on any atom is 0.235 e. The standard InChI is InChI=1S/C9H6BrNO2/c10-7-4-6-5(3-8(7)12)1-2-11-9(6)13/h1-4,6H,(H,11,13). The zero-order valence-corrected chi connectivity index (χ0v) is 8.17. The molecule has 1 amide bonds. The molecule has 1 unspecified atom stereocenters. The van der Waals surface area contributed by atoms with Crippen LogP contribution in [0.3, 0.4) is 0 Å². The van der Waals surface area contributed by atoms with Crippen molar-refractivity contribution in [1.82, 2.24) is 5.32 Å². The summed E-state index contributed by atoms with van der Waals surface area (Å²) in [7, 11) is 0. The minimum absolute atomic E-state index is 0.0920. The van der Waals surface area contributed by atoms with E-state index in [2.05, 4.69) is 21.2 Å². The summed E-state index contributed by atoms with van der Waals surface area (Å²) < 4.78 is 0.451. The normalized spacial score (nSPS) is 26.1. The van der Waals surface area contributed by atoms with Crippen LogP contribution in [0, 0.1) is 5.92 Å². The van der Waals surface area contributed by atoms with Crippen molar-refractivity contribution in [2.75, 3.05) is 0 Å². The number of nitrogens with one attached hydrogen (secondary N) is 1. The van der Waals surface area contributed by atoms with Gasteiger partial charge in [0.15, 0.2) is 5.78 Å². The second kappa shape index (κ2) is 2.96. The minimum atomic E-state index is -0.322. The monoisotopic (exact) mass is 239 g/mol. The number of hydrogen-bond donors (Lipinski definition) is 1. The Bertz CT molecular complexity index is 379. The molecule has 1 aliphatic carbocycles. The first-order valence-corrected chi connectivity index (χ1v) is 4.58. The molecule has 0 aromatic heterocycles. The van der Waals surface area contributed by atoms with Gasteiger partial charge in [-0.2, -0.15) is 0 Å². The van der Waals surface area contributed by atoms with E-state index in [9.17, 15) is 9.59 Å². The SMILES string of the molecule is O=C1C=C2C=CNC(=O)C2C=C1Br. The highest BCUT2D eigenvalue weighted by Crippen LogP contribution is 2.27. The van der Waals surface area contributed by atoms with E-state index in [1.807, 2.05) is 0 Å². The molecule has 13 heavy (non-hydrogen) atoms. The van der Waals surface area contributed by atoms with Crippen LogP contribution in [0.1, 0.15) is 0 Å². The molecule has 0 spiro atoms. The van der Waals surface area contributed by atoms with Crippen molar-refractivity contribution < 1.29 is 9.59 Å². The molecular formula is C9H6BrNO2. The van der Waals surface area contributed by atoms with Gasteiger partial charge in [-0.25, -0.2) is 0 Å². The van der Waals surface area contributed by atoms with Crippen LogP contribution in [0.15, 0.2) is 34.5 Å². The van der Waals surface area contributed by atoms with Crippen molar-refractivity contribution in [2.45, 2.75) is 0 Å². The average Bonchev–Trinajstić information content (AvgIpc) is 2.09. The first kappa shape index (κ1) is 8.44. The van der Waals surface area contributed by atoms with Gasteiger partial charge in [0.25, 0.3) is 0 Å². The van der Waals surface area contributed by atoms with E-state index in [0.29, 0.717) is 4.48 Å². The van der Waals surface area contributed by atoms with Gasteiger partial charge in [-0.05, 0) is 39.7 Å². The lowest BCUT2D eigenvalue weighted by Gasteiger charge is -2.20. The number of amides is 1. The molecule has 4 heteroatoms. The fourth-order valence-corrected chi connectivity index (χ4v) is 1.70. The summed E-state index contributed by atoms with van der Waals surface area (Å²) in [4.78, 5) is 22.5. The highest BCUT2D eigenvalue weighted by Gasteiger charge is 2.27. The van der Waals surface area contributed by atoms with E-state index in [1.165, 1.54) is 6.08 Å². The number of allylic oxidation sites excluding steroid dienone is 3. The van der Waals surface area contributed by atoms with Gasteiger partial charge in [-0.1, -0.05) is 0 Å². The molecule has 1 aliphatic heterocycles. The first-order chi connectivity index (χ1) is 6.18. The van der Waals surface area contributed by atoms with E-state index in [-0.39, 0.29) is 17.6 Å². The number of carbonyl (C=O) groups is 2. The molecule has 0 saturated carbocycles. The van der Waals surface area contributed by atoms with Gasteiger partial charge >= 0.3 is 0 Å². The third kappa shape index (κ3) is 1.37. The number of carbonyl (C=O) groups excluding carboxylic acids is 2. The van der Waals surface area contributed by atoms with Gasteiger partial charge in [0.05, 0.1) is 10.4 Å². The Labute approximate surface area is 83.3 Å². The smallest absolute Gasteiger partial charge is 0.235 e. The van der Waals surface area contributed by atoms with E-state index in [4.69, 9.17) is 0 Å². The number of fused-ring (bicyclic) bond motifs is 1. The third-order valence-electron chi connectivity index (χ3n) is 1.99. The van der Waals surface area contributed by atoms with Crippen molar-refractivity contribution in [3.8, 4) is 0 Å². The number of ketones is 1. The number of rotatable bonds is 0. The Kier molecular flexibility index (Phi) is 1.92. The molecule has 66 valence electrons. The van der Waals surface area contributed by atoms with E-state index in [1.54, 1.807) is 18.4 Å². The molecule has 1 heterocycles. The fraction of sp³-hybridized carbons (Fsp3) is 0.111. The van der Waals surface area contributed by atoms with E-state index < -0.39 is 0 Å². The Balaban J connectivity index is 2.45. The van der Waals surface area contributed by atoms with Crippen LogP contribution >= 0.6 is 15.9 Å². The van der Waals surface area contributed by atoms with Crippen LogP contribution in [-0.4, -0.2) is 11.7 Å². The highest BCUT2D eigenvalue weighted by molar-refractivity contribution is 9.12. The van der Waals surface area contributed by atoms with Gasteiger partial charge in [0.2, 0.25) is 5.91 Å². The summed E-state index contributed by atoms with van der Waals surface area (Å²) in [6.07, 6.45) is 6.38. The van der Waals surface area contributed by atoms with Crippen LogP contribution in [-0.2, 0) is 9.59 Å². The molecule has 0 saturated heterocycles. The largest absolute Gasteiger partial charge is 0.332 e. The molecule has 0 fully saturated rings. The molecular weight excluding hydrogens is 234 g/mol. The second-order valence-corrected chi connectivity index (χ2v) is 3.70. The zero-order chi connectivity index (χ0) is 9.42. The number of halogens is 1. The van der Waals surface area contributed by atoms with E-state index >= 15 is 0 Å². The number of hydrogen-bond acceptors (Lipinski definition) is 2. The van der Waals surface area contributed by atoms with Gasteiger partial charge < -0.3 is 5.32 Å². The van der Waals surface area contributed by atoms with Crippen molar-refractivity contribution in [2.24, 2.45) is 5.92 Å².